The highest BCUT2D eigenvalue weighted by Crippen LogP contribution is 2.16. The first kappa shape index (κ1) is 15.2. The summed E-state index contributed by atoms with van der Waals surface area (Å²) in [6.07, 6.45) is 3.82. The van der Waals surface area contributed by atoms with Crippen molar-refractivity contribution in [2.75, 3.05) is 15.7 Å². The van der Waals surface area contributed by atoms with E-state index in [2.05, 4.69) is 19.4 Å². The SMILES string of the molecule is CS(=O)(=O)Nc1ccc(S(=O)(=O)Nc2ncccn2)cc1. The van der Waals surface area contributed by atoms with E-state index in [-0.39, 0.29) is 16.5 Å². The maximum atomic E-state index is 12.1. The molecule has 1 heterocycles. The molecule has 2 aromatic rings. The Morgan fingerprint density at radius 3 is 2.00 bits per heavy atom. The van der Waals surface area contributed by atoms with Gasteiger partial charge in [-0.1, -0.05) is 0 Å². The number of hydrogen-bond donors (Lipinski definition) is 2. The van der Waals surface area contributed by atoms with Gasteiger partial charge in [0.2, 0.25) is 16.0 Å². The van der Waals surface area contributed by atoms with Crippen molar-refractivity contribution in [3.63, 3.8) is 0 Å². The predicted molar refractivity (Wildman–Crippen MR) is 77.7 cm³/mol. The Kier molecular flexibility index (Phi) is 4.09. The van der Waals surface area contributed by atoms with Gasteiger partial charge in [0, 0.05) is 18.1 Å². The molecule has 0 radical (unpaired) electrons. The second kappa shape index (κ2) is 5.66. The van der Waals surface area contributed by atoms with Gasteiger partial charge in [-0.15, -0.1) is 0 Å². The molecule has 0 unspecified atom stereocenters. The Morgan fingerprint density at radius 1 is 0.905 bits per heavy atom. The van der Waals surface area contributed by atoms with Gasteiger partial charge in [-0.3, -0.25) is 4.72 Å². The summed E-state index contributed by atoms with van der Waals surface area (Å²) in [5.74, 6) is -0.0455. The van der Waals surface area contributed by atoms with Crippen LogP contribution in [0.1, 0.15) is 0 Å². The van der Waals surface area contributed by atoms with Crippen LogP contribution >= 0.6 is 0 Å². The molecular formula is C11H12N4O4S2. The monoisotopic (exact) mass is 328 g/mol. The summed E-state index contributed by atoms with van der Waals surface area (Å²) < 4.78 is 50.7. The third kappa shape index (κ3) is 4.39. The van der Waals surface area contributed by atoms with E-state index in [4.69, 9.17) is 0 Å². The summed E-state index contributed by atoms with van der Waals surface area (Å²) in [7, 11) is -7.24. The lowest BCUT2D eigenvalue weighted by Crippen LogP contribution is -2.15. The van der Waals surface area contributed by atoms with Crippen LogP contribution in [0.2, 0.25) is 0 Å². The Bertz CT molecular complexity index is 818. The van der Waals surface area contributed by atoms with E-state index in [0.717, 1.165) is 6.26 Å². The zero-order valence-corrected chi connectivity index (χ0v) is 12.5. The molecule has 2 rings (SSSR count). The fourth-order valence-electron chi connectivity index (χ4n) is 1.45. The summed E-state index contributed by atoms with van der Waals surface area (Å²) in [4.78, 5) is 7.49. The Morgan fingerprint density at radius 2 is 1.48 bits per heavy atom. The van der Waals surface area contributed by atoms with Gasteiger partial charge in [0.15, 0.2) is 0 Å². The fourth-order valence-corrected chi connectivity index (χ4v) is 2.97. The summed E-state index contributed by atoms with van der Waals surface area (Å²) in [6, 6.07) is 6.81. The van der Waals surface area contributed by atoms with Crippen LogP contribution in [0, 0.1) is 0 Å². The molecule has 2 N–H and O–H groups in total. The number of sulfonamides is 2. The average Bonchev–Trinajstić information content (AvgIpc) is 2.38. The second-order valence-corrected chi connectivity index (χ2v) is 7.51. The number of anilines is 2. The highest BCUT2D eigenvalue weighted by molar-refractivity contribution is 7.92. The molecule has 8 nitrogen and oxygen atoms in total. The highest BCUT2D eigenvalue weighted by atomic mass is 32.2. The Hall–Kier alpha value is -2.20. The first-order valence-corrected chi connectivity index (χ1v) is 9.01. The average molecular weight is 328 g/mol. The van der Waals surface area contributed by atoms with E-state index in [1.165, 1.54) is 36.7 Å². The van der Waals surface area contributed by atoms with Gasteiger partial charge in [-0.25, -0.2) is 31.5 Å². The standard InChI is InChI=1S/C11H12N4O4S2/c1-20(16,17)14-9-3-5-10(6-4-9)21(18,19)15-11-12-7-2-8-13-11/h2-8,14H,1H3,(H,12,13,15). The fraction of sp³-hybridized carbons (Fsp3) is 0.0909. The van der Waals surface area contributed by atoms with Gasteiger partial charge < -0.3 is 0 Å². The van der Waals surface area contributed by atoms with Gasteiger partial charge in [0.25, 0.3) is 10.0 Å². The first-order chi connectivity index (χ1) is 9.76. The van der Waals surface area contributed by atoms with E-state index < -0.39 is 20.0 Å². The summed E-state index contributed by atoms with van der Waals surface area (Å²) in [5, 5.41) is 0. The van der Waals surface area contributed by atoms with Crippen LogP contribution in [0.3, 0.4) is 0 Å². The lowest BCUT2D eigenvalue weighted by atomic mass is 10.3. The van der Waals surface area contributed by atoms with Crippen LogP contribution in [0.15, 0.2) is 47.6 Å². The van der Waals surface area contributed by atoms with E-state index in [9.17, 15) is 16.8 Å². The largest absolute Gasteiger partial charge is 0.284 e. The minimum atomic E-state index is -3.83. The van der Waals surface area contributed by atoms with Crippen molar-refractivity contribution in [3.8, 4) is 0 Å². The van der Waals surface area contributed by atoms with Crippen molar-refractivity contribution in [2.24, 2.45) is 0 Å². The zero-order valence-electron chi connectivity index (χ0n) is 10.9. The lowest BCUT2D eigenvalue weighted by Gasteiger charge is -2.07. The van der Waals surface area contributed by atoms with Crippen LogP contribution < -0.4 is 9.44 Å². The zero-order chi connectivity index (χ0) is 15.5. The van der Waals surface area contributed by atoms with Gasteiger partial charge in [0.1, 0.15) is 0 Å². The van der Waals surface area contributed by atoms with Crippen LogP contribution in [-0.2, 0) is 20.0 Å². The number of nitrogens with zero attached hydrogens (tertiary/aromatic N) is 2. The van der Waals surface area contributed by atoms with Crippen molar-refractivity contribution < 1.29 is 16.8 Å². The lowest BCUT2D eigenvalue weighted by molar-refractivity contribution is 0.600. The molecule has 0 saturated heterocycles. The van der Waals surface area contributed by atoms with Crippen LogP contribution in [-0.4, -0.2) is 33.1 Å². The molecule has 0 spiro atoms. The molecule has 112 valence electrons. The van der Waals surface area contributed by atoms with Gasteiger partial charge in [-0.2, -0.15) is 0 Å². The van der Waals surface area contributed by atoms with E-state index in [0.29, 0.717) is 0 Å². The van der Waals surface area contributed by atoms with Crippen molar-refractivity contribution in [3.05, 3.63) is 42.7 Å². The Labute approximate surface area is 122 Å². The minimum Gasteiger partial charge on any atom is -0.284 e. The summed E-state index contributed by atoms with van der Waals surface area (Å²) in [6.45, 7) is 0. The molecular weight excluding hydrogens is 316 g/mol. The minimum absolute atomic E-state index is 0.0333. The molecule has 0 aliphatic carbocycles. The third-order valence-electron chi connectivity index (χ3n) is 2.26. The number of nitrogens with one attached hydrogen (secondary N) is 2. The van der Waals surface area contributed by atoms with Gasteiger partial charge >= 0.3 is 0 Å². The van der Waals surface area contributed by atoms with E-state index >= 15 is 0 Å². The van der Waals surface area contributed by atoms with Crippen LogP contribution in [0.5, 0.6) is 0 Å². The highest BCUT2D eigenvalue weighted by Gasteiger charge is 2.15. The predicted octanol–water partition coefficient (Wildman–Crippen LogP) is 0.649. The second-order valence-electron chi connectivity index (χ2n) is 4.08. The smallest absolute Gasteiger partial charge is 0.264 e. The van der Waals surface area contributed by atoms with Gasteiger partial charge in [0.05, 0.1) is 11.2 Å². The first-order valence-electron chi connectivity index (χ1n) is 5.64. The molecule has 0 saturated carbocycles. The molecule has 10 heteroatoms. The summed E-state index contributed by atoms with van der Waals surface area (Å²) >= 11 is 0. The van der Waals surface area contributed by atoms with Crippen LogP contribution in [0.4, 0.5) is 11.6 Å². The molecule has 1 aromatic carbocycles. The molecule has 1 aromatic heterocycles. The Balaban J connectivity index is 2.21. The normalized spacial score (nSPS) is 11.9. The maximum Gasteiger partial charge on any atom is 0.264 e. The van der Waals surface area contributed by atoms with Crippen molar-refractivity contribution >= 4 is 31.7 Å². The quantitative estimate of drug-likeness (QED) is 0.832. The number of rotatable bonds is 5. The molecule has 21 heavy (non-hydrogen) atoms. The van der Waals surface area contributed by atoms with Crippen molar-refractivity contribution in [2.45, 2.75) is 4.90 Å². The molecule has 0 bridgehead atoms. The van der Waals surface area contributed by atoms with E-state index in [1.54, 1.807) is 6.07 Å². The number of aromatic nitrogens is 2. The molecule has 0 atom stereocenters. The molecule has 0 aliphatic rings. The maximum absolute atomic E-state index is 12.1. The molecule has 0 amide bonds. The summed E-state index contributed by atoms with van der Waals surface area (Å²) in [5.41, 5.74) is 0.271. The topological polar surface area (TPSA) is 118 Å². The number of benzene rings is 1. The third-order valence-corrected chi connectivity index (χ3v) is 4.21. The van der Waals surface area contributed by atoms with Crippen molar-refractivity contribution in [1.29, 1.82) is 0 Å². The van der Waals surface area contributed by atoms with Crippen molar-refractivity contribution in [1.82, 2.24) is 9.97 Å². The molecule has 0 aliphatic heterocycles. The molecule has 0 fully saturated rings. The van der Waals surface area contributed by atoms with E-state index in [1.807, 2.05) is 0 Å². The van der Waals surface area contributed by atoms with Gasteiger partial charge in [-0.05, 0) is 30.3 Å². The van der Waals surface area contributed by atoms with Crippen LogP contribution in [0.25, 0.3) is 0 Å². The number of hydrogen-bond acceptors (Lipinski definition) is 6.